The maximum absolute atomic E-state index is 12.5. The Morgan fingerprint density at radius 3 is 1.84 bits per heavy atom. The fourth-order valence-corrected chi connectivity index (χ4v) is 7.34. The van der Waals surface area contributed by atoms with Crippen molar-refractivity contribution in [3.05, 3.63) is 139 Å². The third-order valence-electron chi connectivity index (χ3n) is 10.2. The Hall–Kier alpha value is -5.25. The molecule has 62 heavy (non-hydrogen) atoms. The van der Waals surface area contributed by atoms with E-state index < -0.39 is 5.97 Å². The van der Waals surface area contributed by atoms with Gasteiger partial charge in [0.2, 0.25) is 5.91 Å². The highest BCUT2D eigenvalue weighted by Crippen LogP contribution is 2.23. The number of benzene rings is 4. The number of hydrogen-bond acceptors (Lipinski definition) is 9. The van der Waals surface area contributed by atoms with E-state index in [0.29, 0.717) is 30.4 Å². The normalized spacial score (nSPS) is 13.8. The zero-order valence-corrected chi connectivity index (χ0v) is 38.3. The summed E-state index contributed by atoms with van der Waals surface area (Å²) in [5.74, 6) is 0.768. The quantitative estimate of drug-likeness (QED) is 0.0452. The Balaban J connectivity index is 0.000000220. The van der Waals surface area contributed by atoms with Crippen molar-refractivity contribution >= 4 is 55.4 Å². The molecule has 6 rings (SSSR count). The molecule has 330 valence electrons. The predicted octanol–water partition coefficient (Wildman–Crippen LogP) is 9.13. The van der Waals surface area contributed by atoms with Crippen LogP contribution < -0.4 is 14.8 Å². The number of carboxylic acid groups (broad SMARTS) is 1. The SMILES string of the molecule is COc1ccccc1CN1CCN(C(=O)CCCC(=O)c2ccc(Br)cc2)CC1.O=C(O)CCNC(=O)c1ccc(Br)cc1.[N-]=[N+]=NCOc1ccccc1CN1CCCCC1. The number of ketones is 1. The van der Waals surface area contributed by atoms with E-state index in [2.05, 4.69) is 69.1 Å². The summed E-state index contributed by atoms with van der Waals surface area (Å²) in [5.41, 5.74) is 11.8. The lowest BCUT2D eigenvalue weighted by Gasteiger charge is -2.35. The minimum absolute atomic E-state index is 0.0491. The molecular weight excluding hydrogens is 922 g/mol. The van der Waals surface area contributed by atoms with E-state index in [1.165, 1.54) is 24.8 Å². The largest absolute Gasteiger partial charge is 0.496 e. The van der Waals surface area contributed by atoms with Crippen LogP contribution in [0.25, 0.3) is 10.4 Å². The van der Waals surface area contributed by atoms with Gasteiger partial charge in [-0.1, -0.05) is 91.9 Å². The smallest absolute Gasteiger partial charge is 0.305 e. The van der Waals surface area contributed by atoms with E-state index in [1.807, 2.05) is 65.6 Å². The number of para-hydroxylation sites is 2. The van der Waals surface area contributed by atoms with E-state index in [1.54, 1.807) is 31.4 Å². The summed E-state index contributed by atoms with van der Waals surface area (Å²) in [6, 6.07) is 30.2. The lowest BCUT2D eigenvalue weighted by atomic mass is 10.1. The molecule has 2 saturated heterocycles. The Bertz CT molecular complexity index is 2070. The highest BCUT2D eigenvalue weighted by Gasteiger charge is 2.22. The molecule has 2 aliphatic rings. The van der Waals surface area contributed by atoms with Crippen LogP contribution in [-0.2, 0) is 22.7 Å². The van der Waals surface area contributed by atoms with E-state index in [0.717, 1.165) is 78.4 Å². The number of piperazine rings is 1. The fraction of sp³-hybridized carbons (Fsp3) is 0.391. The third-order valence-corrected chi connectivity index (χ3v) is 11.2. The standard InChI is InChI=1S/C23H27BrN2O3.C13H18N4O.C10H10BrNO3/c1-29-22-7-3-2-5-19(22)17-25-13-15-26(16-14-25)23(28)8-4-6-21(27)18-9-11-20(24)12-10-18;14-16-15-11-18-13-7-3-2-6-12(13)10-17-8-4-1-5-9-17;11-8-3-1-7(2-4-8)10(15)12-6-5-9(13)14/h2-3,5,7,9-12H,4,6,8,13-17H2,1H3;2-3,6-7H,1,4-5,8-11H2;1-4H,5-6H2,(H,12,15)(H,13,14). The van der Waals surface area contributed by atoms with Gasteiger partial charge in [0.25, 0.3) is 5.91 Å². The first-order valence-corrected chi connectivity index (χ1v) is 22.2. The van der Waals surface area contributed by atoms with Crippen molar-refractivity contribution < 1.29 is 33.8 Å². The lowest BCUT2D eigenvalue weighted by Crippen LogP contribution is -2.48. The number of carboxylic acids is 1. The van der Waals surface area contributed by atoms with Crippen LogP contribution in [0.5, 0.6) is 11.5 Å². The number of rotatable bonds is 17. The minimum atomic E-state index is -0.925. The molecule has 0 aliphatic carbocycles. The van der Waals surface area contributed by atoms with Crippen molar-refractivity contribution in [2.75, 3.05) is 59.7 Å². The average molecular weight is 978 g/mol. The fourth-order valence-electron chi connectivity index (χ4n) is 6.81. The summed E-state index contributed by atoms with van der Waals surface area (Å²) in [5, 5.41) is 14.3. The number of halogens is 2. The highest BCUT2D eigenvalue weighted by atomic mass is 79.9. The molecular formula is C46H55Br2N7O7. The molecule has 2 N–H and O–H groups in total. The number of carbonyl (C=O) groups excluding carboxylic acids is 3. The third kappa shape index (κ3) is 18.0. The number of likely N-dealkylation sites (tertiary alicyclic amines) is 1. The van der Waals surface area contributed by atoms with Crippen LogP contribution in [0.2, 0.25) is 0 Å². The molecule has 16 heteroatoms. The van der Waals surface area contributed by atoms with Gasteiger partial charge in [0.15, 0.2) is 12.5 Å². The maximum atomic E-state index is 12.5. The van der Waals surface area contributed by atoms with Crippen molar-refractivity contribution in [3.8, 4) is 11.5 Å². The Morgan fingerprint density at radius 2 is 1.26 bits per heavy atom. The number of amides is 2. The highest BCUT2D eigenvalue weighted by molar-refractivity contribution is 9.10. The topological polar surface area (TPSA) is 177 Å². The second-order valence-corrected chi connectivity index (χ2v) is 16.4. The number of aliphatic carboxylic acids is 1. The first-order chi connectivity index (χ1) is 30.1. The van der Waals surface area contributed by atoms with Crippen LogP contribution in [0, 0.1) is 0 Å². The van der Waals surface area contributed by atoms with Gasteiger partial charge >= 0.3 is 5.97 Å². The molecule has 2 amide bonds. The maximum Gasteiger partial charge on any atom is 0.305 e. The van der Waals surface area contributed by atoms with Crippen molar-refractivity contribution in [2.45, 2.75) is 58.0 Å². The number of azide groups is 1. The first kappa shape index (κ1) is 49.4. The predicted molar refractivity (Wildman–Crippen MR) is 246 cm³/mol. The van der Waals surface area contributed by atoms with Crippen LogP contribution in [0.3, 0.4) is 0 Å². The molecule has 14 nitrogen and oxygen atoms in total. The number of nitrogens with zero attached hydrogens (tertiary/aromatic N) is 6. The number of Topliss-reactive ketones (excluding diaryl/α,β-unsaturated/α-hetero) is 1. The van der Waals surface area contributed by atoms with E-state index in [-0.39, 0.29) is 37.3 Å². The number of methoxy groups -OCH3 is 1. The molecule has 0 atom stereocenters. The van der Waals surface area contributed by atoms with Crippen LogP contribution in [-0.4, -0.2) is 103 Å². The summed E-state index contributed by atoms with van der Waals surface area (Å²) in [6.07, 6.45) is 5.25. The second-order valence-electron chi connectivity index (χ2n) is 14.6. The van der Waals surface area contributed by atoms with Gasteiger partial charge in [-0.3, -0.25) is 29.0 Å². The van der Waals surface area contributed by atoms with Crippen LogP contribution in [0.4, 0.5) is 0 Å². The Kier molecular flexibility index (Phi) is 22.0. The van der Waals surface area contributed by atoms with Gasteiger partial charge in [-0.25, -0.2) is 0 Å². The molecule has 4 aromatic rings. The summed E-state index contributed by atoms with van der Waals surface area (Å²) in [7, 11) is 1.69. The minimum Gasteiger partial charge on any atom is -0.496 e. The number of hydrogen-bond donors (Lipinski definition) is 2. The van der Waals surface area contributed by atoms with Gasteiger partial charge < -0.3 is 24.8 Å². The molecule has 2 heterocycles. The molecule has 2 aliphatic heterocycles. The molecule has 0 aromatic heterocycles. The number of piperidine rings is 1. The number of nitrogens with one attached hydrogen (secondary N) is 1. The van der Waals surface area contributed by atoms with Gasteiger partial charge in [-0.15, -0.1) is 0 Å². The zero-order valence-electron chi connectivity index (χ0n) is 35.1. The molecule has 4 aromatic carbocycles. The van der Waals surface area contributed by atoms with Crippen LogP contribution in [0.1, 0.15) is 76.8 Å². The summed E-state index contributed by atoms with van der Waals surface area (Å²) < 4.78 is 12.7. The van der Waals surface area contributed by atoms with E-state index >= 15 is 0 Å². The molecule has 0 radical (unpaired) electrons. The van der Waals surface area contributed by atoms with Crippen LogP contribution in [0.15, 0.2) is 111 Å². The van der Waals surface area contributed by atoms with Gasteiger partial charge in [0, 0.05) is 94.8 Å². The molecule has 0 unspecified atom stereocenters. The molecule has 0 bridgehead atoms. The summed E-state index contributed by atoms with van der Waals surface area (Å²) >= 11 is 6.63. The van der Waals surface area contributed by atoms with Crippen molar-refractivity contribution in [3.63, 3.8) is 0 Å². The van der Waals surface area contributed by atoms with Gasteiger partial charge in [0.1, 0.15) is 11.5 Å². The summed E-state index contributed by atoms with van der Waals surface area (Å²) in [6.45, 7) is 7.40. The molecule has 0 saturated carbocycles. The number of ether oxygens (including phenoxy) is 2. The van der Waals surface area contributed by atoms with Crippen molar-refractivity contribution in [2.24, 2.45) is 5.11 Å². The van der Waals surface area contributed by atoms with Crippen LogP contribution >= 0.6 is 31.9 Å². The van der Waals surface area contributed by atoms with Gasteiger partial charge in [-0.2, -0.15) is 0 Å². The second kappa shape index (κ2) is 27.6. The van der Waals surface area contributed by atoms with Crippen molar-refractivity contribution in [1.82, 2.24) is 20.0 Å². The van der Waals surface area contributed by atoms with E-state index in [9.17, 15) is 19.2 Å². The molecule has 0 spiro atoms. The van der Waals surface area contributed by atoms with Crippen molar-refractivity contribution in [1.29, 1.82) is 0 Å². The first-order valence-electron chi connectivity index (χ1n) is 20.7. The lowest BCUT2D eigenvalue weighted by molar-refractivity contribution is -0.137. The van der Waals surface area contributed by atoms with Gasteiger partial charge in [0.05, 0.1) is 13.5 Å². The monoisotopic (exact) mass is 975 g/mol. The Morgan fingerprint density at radius 1 is 0.710 bits per heavy atom. The number of carbonyl (C=O) groups is 4. The average Bonchev–Trinajstić information content (AvgIpc) is 3.28. The Labute approximate surface area is 380 Å². The zero-order chi connectivity index (χ0) is 44.5. The van der Waals surface area contributed by atoms with E-state index in [4.69, 9.17) is 20.1 Å². The molecule has 2 fully saturated rings. The summed E-state index contributed by atoms with van der Waals surface area (Å²) in [4.78, 5) is 55.7. The van der Waals surface area contributed by atoms with Gasteiger partial charge in [-0.05, 0) is 86.4 Å².